The maximum Gasteiger partial charge on any atom is 0.222 e. The van der Waals surface area contributed by atoms with Gasteiger partial charge in [0.05, 0.1) is 7.11 Å². The smallest absolute Gasteiger partial charge is 0.222 e. The summed E-state index contributed by atoms with van der Waals surface area (Å²) in [5, 5.41) is 0. The molecule has 2 aromatic carbocycles. The molecule has 2 aromatic rings. The van der Waals surface area contributed by atoms with Crippen LogP contribution in [0, 0.1) is 5.82 Å². The van der Waals surface area contributed by atoms with Gasteiger partial charge in [-0.2, -0.15) is 0 Å². The molecule has 1 heterocycles. The van der Waals surface area contributed by atoms with E-state index in [4.69, 9.17) is 4.74 Å². The van der Waals surface area contributed by atoms with Crippen molar-refractivity contribution in [2.24, 2.45) is 0 Å². The van der Waals surface area contributed by atoms with Crippen molar-refractivity contribution >= 4 is 11.6 Å². The molecule has 1 aliphatic rings. The SMILES string of the molecule is COc1ccc(CCCCC(=O)N2CCCN(c3ccc(F)cc3)CC2)cc1. The second kappa shape index (κ2) is 10.1. The van der Waals surface area contributed by atoms with Crippen molar-refractivity contribution in [2.75, 3.05) is 38.2 Å². The van der Waals surface area contributed by atoms with Gasteiger partial charge in [-0.05, 0) is 67.6 Å². The zero-order valence-corrected chi connectivity index (χ0v) is 16.6. The van der Waals surface area contributed by atoms with E-state index in [-0.39, 0.29) is 11.7 Å². The maximum atomic E-state index is 13.1. The number of hydrogen-bond acceptors (Lipinski definition) is 3. The van der Waals surface area contributed by atoms with Gasteiger partial charge in [0.25, 0.3) is 0 Å². The summed E-state index contributed by atoms with van der Waals surface area (Å²) in [6, 6.07) is 14.7. The van der Waals surface area contributed by atoms with Crippen molar-refractivity contribution in [3.8, 4) is 5.75 Å². The highest BCUT2D eigenvalue weighted by molar-refractivity contribution is 5.76. The summed E-state index contributed by atoms with van der Waals surface area (Å²) in [5.41, 5.74) is 2.30. The minimum absolute atomic E-state index is 0.218. The summed E-state index contributed by atoms with van der Waals surface area (Å²) in [6.07, 6.45) is 4.44. The van der Waals surface area contributed by atoms with Gasteiger partial charge in [-0.1, -0.05) is 12.1 Å². The number of ether oxygens (including phenoxy) is 1. The molecule has 0 spiro atoms. The van der Waals surface area contributed by atoms with Crippen molar-refractivity contribution < 1.29 is 13.9 Å². The summed E-state index contributed by atoms with van der Waals surface area (Å²) in [7, 11) is 1.67. The molecule has 1 amide bonds. The highest BCUT2D eigenvalue weighted by Gasteiger charge is 2.19. The van der Waals surface area contributed by atoms with Crippen LogP contribution in [0.25, 0.3) is 0 Å². The van der Waals surface area contributed by atoms with Crippen LogP contribution < -0.4 is 9.64 Å². The van der Waals surface area contributed by atoms with Crippen LogP contribution in [0.3, 0.4) is 0 Å². The van der Waals surface area contributed by atoms with Gasteiger partial charge in [0.1, 0.15) is 11.6 Å². The van der Waals surface area contributed by atoms with E-state index in [9.17, 15) is 9.18 Å². The van der Waals surface area contributed by atoms with E-state index in [0.717, 1.165) is 63.3 Å². The number of unbranched alkanes of at least 4 members (excludes halogenated alkanes) is 1. The number of anilines is 1. The highest BCUT2D eigenvalue weighted by atomic mass is 19.1. The van der Waals surface area contributed by atoms with Crippen LogP contribution in [0.1, 0.15) is 31.2 Å². The van der Waals surface area contributed by atoms with Gasteiger partial charge in [-0.25, -0.2) is 4.39 Å². The van der Waals surface area contributed by atoms with Crippen LogP contribution in [0.2, 0.25) is 0 Å². The Morgan fingerprint density at radius 2 is 1.71 bits per heavy atom. The number of hydrogen-bond donors (Lipinski definition) is 0. The quantitative estimate of drug-likeness (QED) is 0.668. The van der Waals surface area contributed by atoms with Gasteiger partial charge in [0.15, 0.2) is 0 Å². The Balaban J connectivity index is 1.40. The lowest BCUT2D eigenvalue weighted by Gasteiger charge is -2.23. The van der Waals surface area contributed by atoms with Gasteiger partial charge in [0.2, 0.25) is 5.91 Å². The third kappa shape index (κ3) is 5.72. The van der Waals surface area contributed by atoms with Crippen molar-refractivity contribution in [1.82, 2.24) is 4.90 Å². The van der Waals surface area contributed by atoms with Crippen LogP contribution in [0.5, 0.6) is 5.75 Å². The number of carbonyl (C=O) groups excluding carboxylic acids is 1. The molecule has 1 saturated heterocycles. The van der Waals surface area contributed by atoms with E-state index in [2.05, 4.69) is 17.0 Å². The molecule has 0 aromatic heterocycles. The topological polar surface area (TPSA) is 32.8 Å². The van der Waals surface area contributed by atoms with Crippen molar-refractivity contribution in [2.45, 2.75) is 32.1 Å². The number of rotatable bonds is 7. The lowest BCUT2D eigenvalue weighted by Crippen LogP contribution is -2.35. The normalized spacial score (nSPS) is 14.6. The molecular weight excluding hydrogens is 355 g/mol. The molecule has 4 nitrogen and oxygen atoms in total. The molecule has 0 unspecified atom stereocenters. The molecule has 0 N–H and O–H groups in total. The monoisotopic (exact) mass is 384 g/mol. The largest absolute Gasteiger partial charge is 0.497 e. The summed E-state index contributed by atoms with van der Waals surface area (Å²) in [4.78, 5) is 16.8. The molecule has 28 heavy (non-hydrogen) atoms. The number of benzene rings is 2. The number of carbonyl (C=O) groups is 1. The van der Waals surface area contributed by atoms with Gasteiger partial charge < -0.3 is 14.5 Å². The fourth-order valence-corrected chi connectivity index (χ4v) is 3.63. The Kier molecular flexibility index (Phi) is 7.29. The van der Waals surface area contributed by atoms with E-state index in [1.807, 2.05) is 29.2 Å². The Bertz CT molecular complexity index is 746. The predicted molar refractivity (Wildman–Crippen MR) is 110 cm³/mol. The lowest BCUT2D eigenvalue weighted by atomic mass is 10.1. The summed E-state index contributed by atoms with van der Waals surface area (Å²) < 4.78 is 18.3. The fourth-order valence-electron chi connectivity index (χ4n) is 3.63. The first kappa shape index (κ1) is 20.2. The minimum atomic E-state index is -0.218. The van der Waals surface area contributed by atoms with E-state index in [1.165, 1.54) is 17.7 Å². The summed E-state index contributed by atoms with van der Waals surface area (Å²) >= 11 is 0. The van der Waals surface area contributed by atoms with E-state index in [1.54, 1.807) is 7.11 Å². The third-order valence-corrected chi connectivity index (χ3v) is 5.31. The number of nitrogens with zero attached hydrogens (tertiary/aromatic N) is 2. The summed E-state index contributed by atoms with van der Waals surface area (Å²) in [6.45, 7) is 3.22. The van der Waals surface area contributed by atoms with Crippen LogP contribution in [-0.4, -0.2) is 44.1 Å². The molecule has 1 fully saturated rings. The number of amides is 1. The van der Waals surface area contributed by atoms with Crippen LogP contribution in [0.15, 0.2) is 48.5 Å². The van der Waals surface area contributed by atoms with Crippen LogP contribution in [-0.2, 0) is 11.2 Å². The molecular formula is C23H29FN2O2. The second-order valence-corrected chi connectivity index (χ2v) is 7.25. The fraction of sp³-hybridized carbons (Fsp3) is 0.435. The molecule has 3 rings (SSSR count). The Morgan fingerprint density at radius 3 is 2.43 bits per heavy atom. The number of halogens is 1. The first-order valence-corrected chi connectivity index (χ1v) is 10.1. The number of aryl methyl sites for hydroxylation is 1. The Morgan fingerprint density at radius 1 is 0.964 bits per heavy atom. The predicted octanol–water partition coefficient (Wildman–Crippen LogP) is 4.29. The zero-order valence-electron chi connectivity index (χ0n) is 16.6. The van der Waals surface area contributed by atoms with Crippen molar-refractivity contribution in [3.63, 3.8) is 0 Å². The Labute approximate surface area is 166 Å². The Hall–Kier alpha value is -2.56. The van der Waals surface area contributed by atoms with E-state index in [0.29, 0.717) is 6.42 Å². The van der Waals surface area contributed by atoms with Gasteiger partial charge in [-0.3, -0.25) is 4.79 Å². The van der Waals surface area contributed by atoms with E-state index < -0.39 is 0 Å². The van der Waals surface area contributed by atoms with Gasteiger partial charge >= 0.3 is 0 Å². The maximum absolute atomic E-state index is 13.1. The van der Waals surface area contributed by atoms with Crippen molar-refractivity contribution in [1.29, 1.82) is 0 Å². The highest BCUT2D eigenvalue weighted by Crippen LogP contribution is 2.18. The van der Waals surface area contributed by atoms with Gasteiger partial charge in [-0.15, -0.1) is 0 Å². The molecule has 1 aliphatic heterocycles. The average molecular weight is 384 g/mol. The third-order valence-electron chi connectivity index (χ3n) is 5.31. The molecule has 0 atom stereocenters. The average Bonchev–Trinajstić information content (AvgIpc) is 2.98. The van der Waals surface area contributed by atoms with Crippen LogP contribution >= 0.6 is 0 Å². The van der Waals surface area contributed by atoms with E-state index >= 15 is 0 Å². The van der Waals surface area contributed by atoms with Crippen molar-refractivity contribution in [3.05, 3.63) is 59.9 Å². The lowest BCUT2D eigenvalue weighted by molar-refractivity contribution is -0.131. The molecule has 150 valence electrons. The van der Waals surface area contributed by atoms with Gasteiger partial charge in [0, 0.05) is 38.3 Å². The summed E-state index contributed by atoms with van der Waals surface area (Å²) in [5.74, 6) is 0.899. The second-order valence-electron chi connectivity index (χ2n) is 7.25. The first-order valence-electron chi connectivity index (χ1n) is 10.1. The molecule has 0 radical (unpaired) electrons. The van der Waals surface area contributed by atoms with Crippen LogP contribution in [0.4, 0.5) is 10.1 Å². The molecule has 5 heteroatoms. The molecule has 0 bridgehead atoms. The standard InChI is InChI=1S/C23H29FN2O2/c1-28-22-13-7-19(8-14-22)5-2-3-6-23(27)26-16-4-15-25(17-18-26)21-11-9-20(24)10-12-21/h7-14H,2-6,15-18H2,1H3. The zero-order chi connectivity index (χ0) is 19.8. The first-order chi connectivity index (χ1) is 13.7. The number of methoxy groups -OCH3 is 1. The molecule has 0 saturated carbocycles. The minimum Gasteiger partial charge on any atom is -0.497 e. The molecule has 0 aliphatic carbocycles.